The van der Waals surface area contributed by atoms with Crippen molar-refractivity contribution in [3.63, 3.8) is 0 Å². The van der Waals surface area contributed by atoms with E-state index in [0.717, 1.165) is 11.1 Å². The van der Waals surface area contributed by atoms with Crippen LogP contribution in [0.3, 0.4) is 0 Å². The largest absolute Gasteiger partial charge is 0.344 e. The first-order chi connectivity index (χ1) is 12.2. The number of hydrogen-bond acceptors (Lipinski definition) is 4. The number of carbonyl (C=O) groups excluding carboxylic acids is 2. The predicted octanol–water partition coefficient (Wildman–Crippen LogP) is 0.879. The number of hydrogen-bond donors (Lipinski definition) is 1. The molecule has 1 aromatic carbocycles. The first-order valence-electron chi connectivity index (χ1n) is 8.88. The summed E-state index contributed by atoms with van der Waals surface area (Å²) in [6, 6.07) is 4.58. The molecule has 1 atom stereocenters. The van der Waals surface area contributed by atoms with Crippen LogP contribution in [0.15, 0.2) is 23.1 Å². The predicted molar refractivity (Wildman–Crippen MR) is 96.8 cm³/mol. The second-order valence-corrected chi connectivity index (χ2v) is 9.21. The maximum atomic E-state index is 12.7. The summed E-state index contributed by atoms with van der Waals surface area (Å²) < 4.78 is 26.7. The summed E-state index contributed by atoms with van der Waals surface area (Å²) in [4.78, 5) is 25.9. The average molecular weight is 379 g/mol. The van der Waals surface area contributed by atoms with Crippen LogP contribution in [0.5, 0.6) is 0 Å². The number of carbonyl (C=O) groups is 2. The Morgan fingerprint density at radius 2 is 2.00 bits per heavy atom. The fraction of sp³-hybridized carbons (Fsp3) is 0.556. The Labute approximate surface area is 154 Å². The molecule has 2 amide bonds. The van der Waals surface area contributed by atoms with Gasteiger partial charge in [0.1, 0.15) is 6.04 Å². The van der Waals surface area contributed by atoms with Gasteiger partial charge in [-0.25, -0.2) is 8.42 Å². The van der Waals surface area contributed by atoms with Gasteiger partial charge < -0.3 is 10.2 Å². The molecule has 1 fully saturated rings. The summed E-state index contributed by atoms with van der Waals surface area (Å²) >= 11 is 0. The minimum Gasteiger partial charge on any atom is -0.344 e. The van der Waals surface area contributed by atoms with Gasteiger partial charge in [0.25, 0.3) is 0 Å². The quantitative estimate of drug-likeness (QED) is 0.841. The molecule has 0 bridgehead atoms. The third-order valence-corrected chi connectivity index (χ3v) is 7.23. The molecule has 26 heavy (non-hydrogen) atoms. The molecule has 8 heteroatoms. The lowest BCUT2D eigenvalue weighted by molar-refractivity contribution is -0.135. The molecule has 0 aromatic heterocycles. The molecule has 0 saturated carbocycles. The molecule has 3 rings (SSSR count). The second kappa shape index (κ2) is 7.00. The molecule has 0 aliphatic carbocycles. The van der Waals surface area contributed by atoms with E-state index < -0.39 is 16.1 Å². The molecule has 2 heterocycles. The van der Waals surface area contributed by atoms with Crippen molar-refractivity contribution in [1.29, 1.82) is 0 Å². The zero-order valence-corrected chi connectivity index (χ0v) is 16.2. The molecule has 1 unspecified atom stereocenters. The van der Waals surface area contributed by atoms with Crippen LogP contribution >= 0.6 is 0 Å². The highest BCUT2D eigenvalue weighted by molar-refractivity contribution is 7.89. The first kappa shape index (κ1) is 18.8. The minimum atomic E-state index is -3.52. The van der Waals surface area contributed by atoms with Gasteiger partial charge in [-0.05, 0) is 49.9 Å². The van der Waals surface area contributed by atoms with E-state index in [-0.39, 0.29) is 22.8 Å². The van der Waals surface area contributed by atoms with Crippen LogP contribution in [0.4, 0.5) is 0 Å². The number of amides is 2. The van der Waals surface area contributed by atoms with Crippen LogP contribution in [0, 0.1) is 0 Å². The van der Waals surface area contributed by atoms with Crippen LogP contribution in [0.25, 0.3) is 0 Å². The third kappa shape index (κ3) is 3.48. The standard InChI is InChI=1S/C18H25N3O4S/c1-12(2)20(3)26(24,25)15-5-4-14-11-21(9-8-13(14)10-15)18(23)16-6-7-17(22)19-16/h4-5,10,12,16H,6-9,11H2,1-3H3,(H,19,22). The van der Waals surface area contributed by atoms with Crippen molar-refractivity contribution in [2.24, 2.45) is 0 Å². The van der Waals surface area contributed by atoms with Gasteiger partial charge >= 0.3 is 0 Å². The fourth-order valence-electron chi connectivity index (χ4n) is 3.34. The van der Waals surface area contributed by atoms with Gasteiger partial charge in [0.2, 0.25) is 21.8 Å². The van der Waals surface area contributed by atoms with Crippen LogP contribution in [-0.4, -0.2) is 55.1 Å². The average Bonchev–Trinajstić information content (AvgIpc) is 3.05. The summed E-state index contributed by atoms with van der Waals surface area (Å²) in [6.45, 7) is 4.64. The van der Waals surface area contributed by atoms with E-state index >= 15 is 0 Å². The van der Waals surface area contributed by atoms with Crippen molar-refractivity contribution in [2.45, 2.75) is 56.6 Å². The zero-order chi connectivity index (χ0) is 19.1. The molecule has 1 aromatic rings. The number of fused-ring (bicyclic) bond motifs is 1. The minimum absolute atomic E-state index is 0.0576. The van der Waals surface area contributed by atoms with E-state index in [4.69, 9.17) is 0 Å². The first-order valence-corrected chi connectivity index (χ1v) is 10.3. The maximum absolute atomic E-state index is 12.7. The molecule has 0 radical (unpaired) electrons. The molecule has 0 spiro atoms. The highest BCUT2D eigenvalue weighted by atomic mass is 32.2. The number of sulfonamides is 1. The normalized spacial score (nSPS) is 20.4. The van der Waals surface area contributed by atoms with E-state index in [0.29, 0.717) is 32.4 Å². The van der Waals surface area contributed by atoms with E-state index in [9.17, 15) is 18.0 Å². The van der Waals surface area contributed by atoms with Gasteiger partial charge in [-0.3, -0.25) is 9.59 Å². The van der Waals surface area contributed by atoms with Gasteiger partial charge in [0, 0.05) is 32.6 Å². The number of nitrogens with one attached hydrogen (secondary N) is 1. The Bertz CT molecular complexity index is 835. The molecule has 2 aliphatic rings. The summed E-state index contributed by atoms with van der Waals surface area (Å²) in [5.74, 6) is -0.136. The number of rotatable bonds is 4. The van der Waals surface area contributed by atoms with E-state index in [2.05, 4.69) is 5.32 Å². The van der Waals surface area contributed by atoms with Crippen molar-refractivity contribution in [3.05, 3.63) is 29.3 Å². The van der Waals surface area contributed by atoms with Gasteiger partial charge in [0.05, 0.1) is 4.90 Å². The van der Waals surface area contributed by atoms with Crippen molar-refractivity contribution in [3.8, 4) is 0 Å². The van der Waals surface area contributed by atoms with Crippen molar-refractivity contribution in [1.82, 2.24) is 14.5 Å². The van der Waals surface area contributed by atoms with Gasteiger partial charge in [-0.15, -0.1) is 0 Å². The van der Waals surface area contributed by atoms with Crippen molar-refractivity contribution >= 4 is 21.8 Å². The maximum Gasteiger partial charge on any atom is 0.245 e. The fourth-order valence-corrected chi connectivity index (χ4v) is 4.76. The lowest BCUT2D eigenvalue weighted by Crippen LogP contribution is -2.46. The summed E-state index contributed by atoms with van der Waals surface area (Å²) in [5, 5.41) is 2.71. The van der Waals surface area contributed by atoms with Gasteiger partial charge in [0.15, 0.2) is 0 Å². The molecule has 142 valence electrons. The van der Waals surface area contributed by atoms with E-state index in [1.807, 2.05) is 13.8 Å². The molecule has 2 aliphatic heterocycles. The van der Waals surface area contributed by atoms with E-state index in [1.165, 1.54) is 4.31 Å². The number of nitrogens with zero attached hydrogens (tertiary/aromatic N) is 2. The highest BCUT2D eigenvalue weighted by Crippen LogP contribution is 2.25. The Morgan fingerprint density at radius 3 is 2.62 bits per heavy atom. The van der Waals surface area contributed by atoms with E-state index in [1.54, 1.807) is 30.1 Å². The monoisotopic (exact) mass is 379 g/mol. The summed E-state index contributed by atoms with van der Waals surface area (Å²) in [6.07, 6.45) is 1.54. The Morgan fingerprint density at radius 1 is 1.27 bits per heavy atom. The highest BCUT2D eigenvalue weighted by Gasteiger charge is 2.32. The Hall–Kier alpha value is -1.93. The molecule has 1 saturated heterocycles. The molecular formula is C18H25N3O4S. The smallest absolute Gasteiger partial charge is 0.245 e. The molecule has 7 nitrogen and oxygen atoms in total. The van der Waals surface area contributed by atoms with Crippen molar-refractivity contribution in [2.75, 3.05) is 13.6 Å². The van der Waals surface area contributed by atoms with Crippen LogP contribution in [0.1, 0.15) is 37.8 Å². The second-order valence-electron chi connectivity index (χ2n) is 7.21. The van der Waals surface area contributed by atoms with Crippen LogP contribution in [-0.2, 0) is 32.6 Å². The Balaban J connectivity index is 1.77. The lowest BCUT2D eigenvalue weighted by atomic mass is 9.99. The zero-order valence-electron chi connectivity index (χ0n) is 15.4. The van der Waals surface area contributed by atoms with Crippen LogP contribution < -0.4 is 5.32 Å². The SMILES string of the molecule is CC(C)N(C)S(=O)(=O)c1ccc2c(c1)CCN(C(=O)C1CCC(=O)N1)C2. The van der Waals surface area contributed by atoms with Gasteiger partial charge in [-0.2, -0.15) is 4.31 Å². The third-order valence-electron chi connectivity index (χ3n) is 5.20. The summed E-state index contributed by atoms with van der Waals surface area (Å²) in [7, 11) is -1.94. The molecular weight excluding hydrogens is 354 g/mol. The topological polar surface area (TPSA) is 86.8 Å². The lowest BCUT2D eigenvalue weighted by Gasteiger charge is -2.31. The van der Waals surface area contributed by atoms with Crippen molar-refractivity contribution < 1.29 is 18.0 Å². The van der Waals surface area contributed by atoms with Gasteiger partial charge in [-0.1, -0.05) is 6.07 Å². The molecule has 1 N–H and O–H groups in total. The number of benzene rings is 1. The Kier molecular flexibility index (Phi) is 5.07. The summed E-state index contributed by atoms with van der Waals surface area (Å²) in [5.41, 5.74) is 1.92. The van der Waals surface area contributed by atoms with Crippen LogP contribution in [0.2, 0.25) is 0 Å².